The third-order valence-electron chi connectivity index (χ3n) is 6.41. The predicted molar refractivity (Wildman–Crippen MR) is 156 cm³/mol. The zero-order chi connectivity index (χ0) is 29.1. The number of rotatable bonds is 9. The maximum atomic E-state index is 13.7. The smallest absolute Gasteiger partial charge is 0.344 e. The lowest BCUT2D eigenvalue weighted by molar-refractivity contribution is -0.144. The molecule has 4 rings (SSSR count). The van der Waals surface area contributed by atoms with E-state index >= 15 is 0 Å². The Morgan fingerprint density at radius 3 is 2.42 bits per heavy atom. The fraction of sp³-hybridized carbons (Fsp3) is 0.267. The zero-order valence-electron chi connectivity index (χ0n) is 23.1. The van der Waals surface area contributed by atoms with E-state index in [0.29, 0.717) is 22.3 Å². The molecule has 0 saturated heterocycles. The maximum Gasteiger partial charge on any atom is 0.344 e. The minimum atomic E-state index is -1.14. The van der Waals surface area contributed by atoms with Crippen LogP contribution in [0.5, 0.6) is 17.2 Å². The fourth-order valence-corrected chi connectivity index (χ4v) is 4.52. The monoisotopic (exact) mass is 563 g/mol. The summed E-state index contributed by atoms with van der Waals surface area (Å²) in [6.45, 7) is 7.45. The van der Waals surface area contributed by atoms with Crippen LogP contribution in [0.4, 0.5) is 0 Å². The van der Waals surface area contributed by atoms with Gasteiger partial charge in [0.1, 0.15) is 5.75 Å². The van der Waals surface area contributed by atoms with Gasteiger partial charge in [0, 0.05) is 5.56 Å². The Balaban J connectivity index is 1.90. The first-order valence-corrected chi connectivity index (χ1v) is 13.0. The number of benzene rings is 3. The van der Waals surface area contributed by atoms with E-state index in [4.69, 9.17) is 30.8 Å². The van der Waals surface area contributed by atoms with Crippen molar-refractivity contribution in [3.63, 3.8) is 0 Å². The molecule has 1 atom stereocenters. The summed E-state index contributed by atoms with van der Waals surface area (Å²) in [4.78, 5) is 29.8. The number of aromatic nitrogens is 2. The molecule has 0 radical (unpaired) electrons. The highest BCUT2D eigenvalue weighted by molar-refractivity contribution is 6.32. The minimum Gasteiger partial charge on any atom is -0.496 e. The minimum absolute atomic E-state index is 0.0940. The largest absolute Gasteiger partial charge is 0.496 e. The number of aliphatic carboxylic acids is 1. The molecule has 0 amide bonds. The number of methoxy groups -OCH3 is 2. The van der Waals surface area contributed by atoms with Gasteiger partial charge in [-0.3, -0.25) is 4.79 Å². The molecule has 1 N–H and O–H groups in total. The number of fused-ring (bicyclic) bond motifs is 1. The Labute approximate surface area is 236 Å². The van der Waals surface area contributed by atoms with Crippen LogP contribution in [0, 0.1) is 6.92 Å². The number of halogens is 1. The molecule has 3 aromatic carbocycles. The Morgan fingerprint density at radius 1 is 1.07 bits per heavy atom. The number of carboxylic acids is 1. The van der Waals surface area contributed by atoms with Crippen molar-refractivity contribution in [2.75, 3.05) is 14.2 Å². The van der Waals surface area contributed by atoms with E-state index in [1.165, 1.54) is 24.9 Å². The van der Waals surface area contributed by atoms with E-state index in [2.05, 4.69) is 18.9 Å². The summed E-state index contributed by atoms with van der Waals surface area (Å²) >= 11 is 6.42. The van der Waals surface area contributed by atoms with Crippen molar-refractivity contribution < 1.29 is 24.1 Å². The number of aryl methyl sites for hydroxylation is 1. The highest BCUT2D eigenvalue weighted by Gasteiger charge is 2.20. The molecule has 0 saturated carbocycles. The molecule has 40 heavy (non-hydrogen) atoms. The van der Waals surface area contributed by atoms with Crippen LogP contribution in [0.1, 0.15) is 43.4 Å². The normalized spacial score (nSPS) is 12.2. The Morgan fingerprint density at radius 2 is 1.77 bits per heavy atom. The van der Waals surface area contributed by atoms with Crippen molar-refractivity contribution in [1.82, 2.24) is 9.66 Å². The number of para-hydroxylation sites is 1. The molecule has 0 bridgehead atoms. The summed E-state index contributed by atoms with van der Waals surface area (Å²) in [6, 6.07) is 14.2. The second kappa shape index (κ2) is 11.8. The van der Waals surface area contributed by atoms with Gasteiger partial charge in [0.2, 0.25) is 0 Å². The van der Waals surface area contributed by atoms with Gasteiger partial charge in [0.05, 0.1) is 36.4 Å². The molecule has 1 heterocycles. The van der Waals surface area contributed by atoms with Gasteiger partial charge >= 0.3 is 5.97 Å². The molecule has 0 aliphatic carbocycles. The molecule has 9 nitrogen and oxygen atoms in total. The first-order valence-electron chi connectivity index (χ1n) is 12.6. The van der Waals surface area contributed by atoms with Gasteiger partial charge in [-0.15, -0.1) is 0 Å². The summed E-state index contributed by atoms with van der Waals surface area (Å²) < 4.78 is 17.7. The maximum absolute atomic E-state index is 13.7. The average Bonchev–Trinajstić information content (AvgIpc) is 2.93. The van der Waals surface area contributed by atoms with Crippen LogP contribution in [0.25, 0.3) is 22.3 Å². The second-order valence-corrected chi connectivity index (χ2v) is 9.92. The lowest BCUT2D eigenvalue weighted by Crippen LogP contribution is -2.23. The van der Waals surface area contributed by atoms with E-state index in [9.17, 15) is 14.7 Å². The topological polar surface area (TPSA) is 112 Å². The van der Waals surface area contributed by atoms with Crippen molar-refractivity contribution in [2.24, 2.45) is 5.10 Å². The molecule has 0 fully saturated rings. The first-order chi connectivity index (χ1) is 19.0. The SMILES string of the molecule is COc1cc(C)c(-c2nc3ccccc3c(=O)n2N=Cc2cc(Cl)c(O[C@@H](C)C(=O)O)c(OC)c2)cc1C(C)C. The van der Waals surface area contributed by atoms with Crippen LogP contribution in [0.3, 0.4) is 0 Å². The lowest BCUT2D eigenvalue weighted by Gasteiger charge is -2.17. The van der Waals surface area contributed by atoms with E-state index in [1.54, 1.807) is 37.4 Å². The number of ether oxygens (including phenoxy) is 3. The summed E-state index contributed by atoms with van der Waals surface area (Å²) in [5.74, 6) is 0.466. The molecule has 208 valence electrons. The van der Waals surface area contributed by atoms with Crippen molar-refractivity contribution in [1.29, 1.82) is 0 Å². The Kier molecular flexibility index (Phi) is 8.44. The van der Waals surface area contributed by atoms with Gasteiger partial charge in [0.15, 0.2) is 23.4 Å². The molecule has 0 unspecified atom stereocenters. The summed E-state index contributed by atoms with van der Waals surface area (Å²) in [5, 5.41) is 14.3. The third-order valence-corrected chi connectivity index (χ3v) is 6.69. The van der Waals surface area contributed by atoms with Crippen molar-refractivity contribution in [2.45, 2.75) is 39.7 Å². The van der Waals surface area contributed by atoms with Gasteiger partial charge in [-0.1, -0.05) is 37.6 Å². The number of carbonyl (C=O) groups is 1. The highest BCUT2D eigenvalue weighted by atomic mass is 35.5. The predicted octanol–water partition coefficient (Wildman–Crippen LogP) is 5.90. The van der Waals surface area contributed by atoms with Crippen LogP contribution in [-0.2, 0) is 4.79 Å². The van der Waals surface area contributed by atoms with E-state index in [-0.39, 0.29) is 28.0 Å². The van der Waals surface area contributed by atoms with Crippen LogP contribution in [0.2, 0.25) is 5.02 Å². The molecule has 10 heteroatoms. The van der Waals surface area contributed by atoms with Gasteiger partial charge in [0.25, 0.3) is 5.56 Å². The van der Waals surface area contributed by atoms with Crippen LogP contribution in [0.15, 0.2) is 58.4 Å². The molecule has 0 spiro atoms. The van der Waals surface area contributed by atoms with Gasteiger partial charge in [-0.2, -0.15) is 9.78 Å². The standard InChI is InChI=1S/C30H30ClN3O6/c1-16(2)21-14-22(17(3)11-25(21)38-5)28-33-24-10-8-7-9-20(24)29(35)34(28)32-15-19-12-23(31)27(26(13-19)39-6)40-18(4)30(36)37/h7-16,18H,1-6H3,(H,36,37)/t18-/m0/s1. The van der Waals surface area contributed by atoms with Gasteiger partial charge < -0.3 is 19.3 Å². The molecule has 1 aromatic heterocycles. The molecular weight excluding hydrogens is 534 g/mol. The molecule has 0 aliphatic heterocycles. The molecule has 0 aliphatic rings. The number of hydrogen-bond donors (Lipinski definition) is 1. The molecule has 4 aromatic rings. The van der Waals surface area contributed by atoms with E-state index < -0.39 is 12.1 Å². The molecular formula is C30H30ClN3O6. The van der Waals surface area contributed by atoms with Crippen LogP contribution < -0.4 is 19.8 Å². The fourth-order valence-electron chi connectivity index (χ4n) is 4.25. The van der Waals surface area contributed by atoms with Crippen LogP contribution in [-0.4, -0.2) is 47.3 Å². The quantitative estimate of drug-likeness (QED) is 0.252. The zero-order valence-corrected chi connectivity index (χ0v) is 23.8. The van der Waals surface area contributed by atoms with Crippen LogP contribution >= 0.6 is 11.6 Å². The number of nitrogens with zero attached hydrogens (tertiary/aromatic N) is 3. The number of hydrogen-bond acceptors (Lipinski definition) is 7. The summed E-state index contributed by atoms with van der Waals surface area (Å²) in [7, 11) is 3.05. The Bertz CT molecular complexity index is 1680. The first kappa shape index (κ1) is 28.6. The number of carboxylic acid groups (broad SMARTS) is 1. The average molecular weight is 564 g/mol. The summed E-state index contributed by atoms with van der Waals surface area (Å²) in [5.41, 5.74) is 3.29. The van der Waals surface area contributed by atoms with Crippen molar-refractivity contribution >= 4 is 34.7 Å². The van der Waals surface area contributed by atoms with Crippen molar-refractivity contribution in [3.8, 4) is 28.6 Å². The highest BCUT2D eigenvalue weighted by Crippen LogP contribution is 2.37. The summed E-state index contributed by atoms with van der Waals surface area (Å²) in [6.07, 6.45) is 0.321. The van der Waals surface area contributed by atoms with E-state index in [0.717, 1.165) is 22.4 Å². The Hall–Kier alpha value is -4.37. The van der Waals surface area contributed by atoms with Gasteiger partial charge in [-0.05, 0) is 72.9 Å². The second-order valence-electron chi connectivity index (χ2n) is 9.51. The van der Waals surface area contributed by atoms with Gasteiger partial charge in [-0.25, -0.2) is 9.78 Å². The van der Waals surface area contributed by atoms with Crippen molar-refractivity contribution in [3.05, 3.63) is 80.6 Å². The van der Waals surface area contributed by atoms with E-state index in [1.807, 2.05) is 25.1 Å². The third kappa shape index (κ3) is 5.65. The lowest BCUT2D eigenvalue weighted by atomic mass is 9.96.